The average molecular weight is 242 g/mol. The number of carbonyl (C=O) groups is 3. The van der Waals surface area contributed by atoms with Crippen LogP contribution in [0.25, 0.3) is 0 Å². The van der Waals surface area contributed by atoms with Gasteiger partial charge >= 0.3 is 17.9 Å². The van der Waals surface area contributed by atoms with E-state index in [1.807, 2.05) is 0 Å². The first kappa shape index (κ1) is 14.9. The van der Waals surface area contributed by atoms with Crippen LogP contribution in [0.4, 0.5) is 0 Å². The number of esters is 2. The summed E-state index contributed by atoms with van der Waals surface area (Å²) in [7, 11) is 0. The zero-order valence-electron chi connectivity index (χ0n) is 9.63. The third-order valence-electron chi connectivity index (χ3n) is 1.65. The Bertz CT molecular complexity index is 355. The minimum absolute atomic E-state index is 0.0920. The number of hydrogen-bond acceptors (Lipinski definition) is 5. The molecule has 0 aliphatic heterocycles. The molecule has 0 aliphatic carbocycles. The lowest BCUT2D eigenvalue weighted by Crippen LogP contribution is -2.23. The maximum Gasteiger partial charge on any atom is 0.337 e. The molecule has 0 fully saturated rings. The number of carboxylic acid groups (broad SMARTS) is 1. The molecule has 6 nitrogen and oxygen atoms in total. The van der Waals surface area contributed by atoms with Crippen LogP contribution in [0.15, 0.2) is 24.3 Å². The van der Waals surface area contributed by atoms with Gasteiger partial charge in [0, 0.05) is 24.1 Å². The Labute approximate surface area is 98.5 Å². The van der Waals surface area contributed by atoms with E-state index in [4.69, 9.17) is 14.6 Å². The van der Waals surface area contributed by atoms with Gasteiger partial charge in [-0.15, -0.1) is 0 Å². The first-order chi connectivity index (χ1) is 7.90. The highest BCUT2D eigenvalue weighted by Gasteiger charge is 2.17. The van der Waals surface area contributed by atoms with E-state index >= 15 is 0 Å². The van der Waals surface area contributed by atoms with Crippen molar-refractivity contribution in [3.8, 4) is 0 Å². The fourth-order valence-corrected chi connectivity index (χ4v) is 0.825. The van der Waals surface area contributed by atoms with Crippen LogP contribution < -0.4 is 0 Å². The Morgan fingerprint density at radius 1 is 1.35 bits per heavy atom. The van der Waals surface area contributed by atoms with E-state index < -0.39 is 24.2 Å². The third-order valence-corrected chi connectivity index (χ3v) is 1.65. The predicted molar refractivity (Wildman–Crippen MR) is 57.9 cm³/mol. The molecule has 6 heteroatoms. The smallest absolute Gasteiger partial charge is 0.337 e. The van der Waals surface area contributed by atoms with Crippen LogP contribution in [0.1, 0.15) is 20.3 Å². The molecule has 0 bridgehead atoms. The van der Waals surface area contributed by atoms with Gasteiger partial charge in [-0.3, -0.25) is 0 Å². The second kappa shape index (κ2) is 7.21. The van der Waals surface area contributed by atoms with Gasteiger partial charge in [-0.1, -0.05) is 13.5 Å². The molecule has 0 rings (SSSR count). The SMILES string of the molecule is C=CC(=O)OC(CC)OC(=O)/C(C)=C\C(=O)O. The van der Waals surface area contributed by atoms with E-state index in [0.717, 1.165) is 6.08 Å². The summed E-state index contributed by atoms with van der Waals surface area (Å²) in [5, 5.41) is 8.42. The molecule has 0 aromatic rings. The van der Waals surface area contributed by atoms with Gasteiger partial charge in [0.15, 0.2) is 0 Å². The molecule has 0 saturated heterocycles. The van der Waals surface area contributed by atoms with E-state index in [0.29, 0.717) is 6.08 Å². The van der Waals surface area contributed by atoms with E-state index in [1.165, 1.54) is 6.92 Å². The molecule has 94 valence electrons. The van der Waals surface area contributed by atoms with Crippen molar-refractivity contribution >= 4 is 17.9 Å². The van der Waals surface area contributed by atoms with E-state index in [1.54, 1.807) is 6.92 Å². The molecule has 0 spiro atoms. The first-order valence-electron chi connectivity index (χ1n) is 4.86. The maximum absolute atomic E-state index is 11.3. The summed E-state index contributed by atoms with van der Waals surface area (Å²) in [5.74, 6) is -2.82. The molecule has 0 radical (unpaired) electrons. The maximum atomic E-state index is 11.3. The average Bonchev–Trinajstić information content (AvgIpc) is 2.26. The van der Waals surface area contributed by atoms with Gasteiger partial charge in [0.1, 0.15) is 0 Å². The molecule has 0 amide bonds. The predicted octanol–water partition coefficient (Wildman–Crippen LogP) is 1.03. The van der Waals surface area contributed by atoms with Gasteiger partial charge in [-0.05, 0) is 6.92 Å². The Morgan fingerprint density at radius 2 is 1.94 bits per heavy atom. The van der Waals surface area contributed by atoms with Crippen LogP contribution in [0.5, 0.6) is 0 Å². The number of rotatable bonds is 6. The van der Waals surface area contributed by atoms with Crippen molar-refractivity contribution in [3.63, 3.8) is 0 Å². The summed E-state index contributed by atoms with van der Waals surface area (Å²) in [6.45, 7) is 6.13. The Morgan fingerprint density at radius 3 is 2.35 bits per heavy atom. The molecule has 0 aromatic carbocycles. The van der Waals surface area contributed by atoms with E-state index in [2.05, 4.69) is 6.58 Å². The first-order valence-corrected chi connectivity index (χ1v) is 4.86. The lowest BCUT2D eigenvalue weighted by atomic mass is 10.3. The fraction of sp³-hybridized carbons (Fsp3) is 0.364. The van der Waals surface area contributed by atoms with Crippen molar-refractivity contribution in [1.29, 1.82) is 0 Å². The summed E-state index contributed by atoms with van der Waals surface area (Å²) in [6.07, 6.45) is 0.858. The van der Waals surface area contributed by atoms with Crippen LogP contribution >= 0.6 is 0 Å². The molecule has 1 N–H and O–H groups in total. The second-order valence-corrected chi connectivity index (χ2v) is 3.05. The van der Waals surface area contributed by atoms with Gasteiger partial charge in [-0.2, -0.15) is 0 Å². The standard InChI is InChI=1S/C11H14O6/c1-4-9(14)16-10(5-2)17-11(15)7(3)6-8(12)13/h4,6,10H,1,5H2,2-3H3,(H,12,13)/b7-6-. The van der Waals surface area contributed by atoms with Crippen LogP contribution in [0.3, 0.4) is 0 Å². The minimum atomic E-state index is -1.25. The largest absolute Gasteiger partial charge is 0.478 e. The summed E-state index contributed by atoms with van der Waals surface area (Å²) >= 11 is 0. The molecule has 1 atom stereocenters. The normalized spacial score (nSPS) is 12.5. The third kappa shape index (κ3) is 6.14. The molecule has 17 heavy (non-hydrogen) atoms. The van der Waals surface area contributed by atoms with Gasteiger partial charge in [0.05, 0.1) is 0 Å². The molecule has 1 unspecified atom stereocenters. The zero-order chi connectivity index (χ0) is 13.4. The number of hydrogen-bond donors (Lipinski definition) is 1. The summed E-state index contributed by atoms with van der Waals surface area (Å²) in [5.41, 5.74) is -0.0920. The van der Waals surface area contributed by atoms with Crippen molar-refractivity contribution in [2.45, 2.75) is 26.6 Å². The van der Waals surface area contributed by atoms with E-state index in [-0.39, 0.29) is 12.0 Å². The lowest BCUT2D eigenvalue weighted by molar-refractivity contribution is -0.182. The zero-order valence-corrected chi connectivity index (χ0v) is 9.63. The van der Waals surface area contributed by atoms with Crippen molar-refractivity contribution in [2.75, 3.05) is 0 Å². The fourth-order valence-electron chi connectivity index (χ4n) is 0.825. The van der Waals surface area contributed by atoms with Crippen molar-refractivity contribution in [1.82, 2.24) is 0 Å². The monoisotopic (exact) mass is 242 g/mol. The second-order valence-electron chi connectivity index (χ2n) is 3.05. The molecule has 0 heterocycles. The van der Waals surface area contributed by atoms with Gasteiger partial charge in [0.25, 0.3) is 0 Å². The summed E-state index contributed by atoms with van der Waals surface area (Å²) in [4.78, 5) is 32.5. The van der Waals surface area contributed by atoms with Gasteiger partial charge in [-0.25, -0.2) is 14.4 Å². The van der Waals surface area contributed by atoms with Crippen molar-refractivity contribution in [2.24, 2.45) is 0 Å². The Balaban J connectivity index is 4.48. The highest BCUT2D eigenvalue weighted by Crippen LogP contribution is 2.06. The molecular formula is C11H14O6. The Hall–Kier alpha value is -2.11. The summed E-state index contributed by atoms with van der Waals surface area (Å²) in [6, 6.07) is 0. The highest BCUT2D eigenvalue weighted by molar-refractivity contribution is 5.95. The highest BCUT2D eigenvalue weighted by atomic mass is 16.7. The van der Waals surface area contributed by atoms with Crippen LogP contribution in [0.2, 0.25) is 0 Å². The molecule has 0 saturated carbocycles. The number of carbonyl (C=O) groups excluding carboxylic acids is 2. The van der Waals surface area contributed by atoms with Crippen LogP contribution in [-0.2, 0) is 23.9 Å². The topological polar surface area (TPSA) is 89.9 Å². The van der Waals surface area contributed by atoms with Crippen molar-refractivity contribution in [3.05, 3.63) is 24.3 Å². The molecule has 0 aromatic heterocycles. The van der Waals surface area contributed by atoms with Gasteiger partial charge < -0.3 is 14.6 Å². The van der Waals surface area contributed by atoms with Crippen LogP contribution in [0, 0.1) is 0 Å². The summed E-state index contributed by atoms with van der Waals surface area (Å²) < 4.78 is 9.47. The number of aliphatic carboxylic acids is 1. The Kier molecular flexibility index (Phi) is 6.32. The number of carboxylic acids is 1. The number of ether oxygens (including phenoxy) is 2. The van der Waals surface area contributed by atoms with Crippen LogP contribution in [-0.4, -0.2) is 29.3 Å². The molecule has 0 aliphatic rings. The molecular weight excluding hydrogens is 228 g/mol. The van der Waals surface area contributed by atoms with E-state index in [9.17, 15) is 14.4 Å². The van der Waals surface area contributed by atoms with Gasteiger partial charge in [0.2, 0.25) is 6.29 Å². The quantitative estimate of drug-likeness (QED) is 0.425. The minimum Gasteiger partial charge on any atom is -0.478 e. The lowest BCUT2D eigenvalue weighted by Gasteiger charge is -2.15. The van der Waals surface area contributed by atoms with Crippen molar-refractivity contribution < 1.29 is 29.0 Å².